The van der Waals surface area contributed by atoms with Gasteiger partial charge in [-0.3, -0.25) is 4.79 Å². The van der Waals surface area contributed by atoms with Crippen molar-refractivity contribution >= 4 is 5.78 Å². The lowest BCUT2D eigenvalue weighted by Crippen LogP contribution is -2.40. The molecular formula is C14H19NO3. The summed E-state index contributed by atoms with van der Waals surface area (Å²) in [7, 11) is 3.16. The van der Waals surface area contributed by atoms with E-state index in [9.17, 15) is 4.79 Å². The van der Waals surface area contributed by atoms with Gasteiger partial charge in [-0.1, -0.05) is 0 Å². The molecule has 0 radical (unpaired) electrons. The van der Waals surface area contributed by atoms with E-state index < -0.39 is 0 Å². The van der Waals surface area contributed by atoms with E-state index in [1.54, 1.807) is 20.3 Å². The highest BCUT2D eigenvalue weighted by molar-refractivity contribution is 6.00. The number of ether oxygens (including phenoxy) is 2. The Labute approximate surface area is 107 Å². The van der Waals surface area contributed by atoms with E-state index in [-0.39, 0.29) is 17.7 Å². The second-order valence-electron chi connectivity index (χ2n) is 4.81. The Morgan fingerprint density at radius 2 is 1.78 bits per heavy atom. The van der Waals surface area contributed by atoms with Crippen LogP contribution in [0, 0.1) is 12.8 Å². The molecule has 0 bridgehead atoms. The van der Waals surface area contributed by atoms with Gasteiger partial charge in [0.05, 0.1) is 14.2 Å². The molecule has 0 heterocycles. The van der Waals surface area contributed by atoms with Crippen LogP contribution in [0.15, 0.2) is 12.1 Å². The van der Waals surface area contributed by atoms with Crippen LogP contribution in [-0.2, 0) is 0 Å². The van der Waals surface area contributed by atoms with Crippen molar-refractivity contribution in [2.75, 3.05) is 14.2 Å². The van der Waals surface area contributed by atoms with Crippen molar-refractivity contribution in [2.24, 2.45) is 11.7 Å². The number of Topliss-reactive ketones (excluding diaryl/α,β-unsaturated/α-hetero) is 1. The van der Waals surface area contributed by atoms with E-state index in [0.29, 0.717) is 17.1 Å². The van der Waals surface area contributed by atoms with Crippen molar-refractivity contribution in [3.8, 4) is 11.5 Å². The van der Waals surface area contributed by atoms with Gasteiger partial charge in [-0.05, 0) is 37.5 Å². The highest BCUT2D eigenvalue weighted by Crippen LogP contribution is 2.35. The van der Waals surface area contributed by atoms with E-state index in [4.69, 9.17) is 15.2 Å². The van der Waals surface area contributed by atoms with Gasteiger partial charge in [-0.2, -0.15) is 0 Å². The largest absolute Gasteiger partial charge is 0.493 e. The third-order valence-corrected chi connectivity index (χ3v) is 3.54. The van der Waals surface area contributed by atoms with E-state index in [2.05, 4.69) is 0 Å². The predicted molar refractivity (Wildman–Crippen MR) is 69.3 cm³/mol. The van der Waals surface area contributed by atoms with Gasteiger partial charge in [0.2, 0.25) is 0 Å². The van der Waals surface area contributed by atoms with Crippen molar-refractivity contribution in [2.45, 2.75) is 25.8 Å². The first kappa shape index (κ1) is 12.9. The maximum atomic E-state index is 12.3. The molecule has 1 aromatic rings. The fourth-order valence-electron chi connectivity index (χ4n) is 2.34. The molecule has 18 heavy (non-hydrogen) atoms. The number of nitrogens with two attached hydrogens (primary N) is 1. The zero-order valence-electron chi connectivity index (χ0n) is 11.0. The molecule has 0 saturated heterocycles. The molecule has 1 aromatic carbocycles. The monoisotopic (exact) mass is 249 g/mol. The van der Waals surface area contributed by atoms with Crippen LogP contribution in [0.2, 0.25) is 0 Å². The number of carbonyl (C=O) groups excluding carboxylic acids is 1. The molecule has 1 saturated carbocycles. The molecule has 1 fully saturated rings. The zero-order valence-corrected chi connectivity index (χ0v) is 11.0. The normalized spacial score (nSPS) is 22.2. The molecule has 4 nitrogen and oxygen atoms in total. The smallest absolute Gasteiger partial charge is 0.166 e. The third kappa shape index (κ3) is 2.20. The zero-order chi connectivity index (χ0) is 13.3. The number of rotatable bonds is 4. The van der Waals surface area contributed by atoms with Crippen LogP contribution in [0.3, 0.4) is 0 Å². The van der Waals surface area contributed by atoms with Crippen LogP contribution < -0.4 is 15.2 Å². The minimum absolute atomic E-state index is 0.0665. The molecule has 0 amide bonds. The highest BCUT2D eigenvalue weighted by Gasteiger charge is 2.33. The summed E-state index contributed by atoms with van der Waals surface area (Å²) in [6, 6.07) is 3.78. The van der Waals surface area contributed by atoms with Gasteiger partial charge >= 0.3 is 0 Å². The standard InChI is InChI=1S/C14H19NO3/c1-8-4-12(17-2)13(18-3)7-11(8)14(16)9-5-10(15)6-9/h4,7,9-10H,5-6,15H2,1-3H3. The molecule has 2 N–H and O–H groups in total. The predicted octanol–water partition coefficient (Wildman–Crippen LogP) is 1.93. The molecule has 4 heteroatoms. The lowest BCUT2D eigenvalue weighted by Gasteiger charge is -2.31. The summed E-state index contributed by atoms with van der Waals surface area (Å²) < 4.78 is 10.4. The number of aryl methyl sites for hydroxylation is 1. The van der Waals surface area contributed by atoms with Gasteiger partial charge < -0.3 is 15.2 Å². The van der Waals surface area contributed by atoms with Gasteiger partial charge in [0.25, 0.3) is 0 Å². The molecule has 98 valence electrons. The Hall–Kier alpha value is -1.55. The Kier molecular flexibility index (Phi) is 3.57. The van der Waals surface area contributed by atoms with Crippen LogP contribution in [-0.4, -0.2) is 26.0 Å². The molecular weight excluding hydrogens is 230 g/mol. The minimum atomic E-state index is 0.0665. The quantitative estimate of drug-likeness (QED) is 0.828. The summed E-state index contributed by atoms with van der Waals surface area (Å²) in [5.74, 6) is 1.47. The Balaban J connectivity index is 2.30. The average Bonchev–Trinajstić information content (AvgIpc) is 2.33. The third-order valence-electron chi connectivity index (χ3n) is 3.54. The fraction of sp³-hybridized carbons (Fsp3) is 0.500. The molecule has 0 aliphatic heterocycles. The second kappa shape index (κ2) is 4.98. The number of methoxy groups -OCH3 is 2. The second-order valence-corrected chi connectivity index (χ2v) is 4.81. The van der Waals surface area contributed by atoms with Crippen LogP contribution in [0.4, 0.5) is 0 Å². The molecule has 2 rings (SSSR count). The highest BCUT2D eigenvalue weighted by atomic mass is 16.5. The minimum Gasteiger partial charge on any atom is -0.493 e. The van der Waals surface area contributed by atoms with Gasteiger partial charge in [0.1, 0.15) is 0 Å². The summed E-state index contributed by atoms with van der Waals surface area (Å²) in [5, 5.41) is 0. The first-order valence-electron chi connectivity index (χ1n) is 6.09. The van der Waals surface area contributed by atoms with E-state index in [0.717, 1.165) is 18.4 Å². The number of benzene rings is 1. The van der Waals surface area contributed by atoms with Gasteiger partial charge in [-0.25, -0.2) is 0 Å². The maximum absolute atomic E-state index is 12.3. The SMILES string of the molecule is COc1cc(C)c(C(=O)C2CC(N)C2)cc1OC. The summed E-state index contributed by atoms with van der Waals surface area (Å²) in [4.78, 5) is 12.3. The molecule has 1 aliphatic rings. The first-order chi connectivity index (χ1) is 8.56. The van der Waals surface area contributed by atoms with Crippen LogP contribution >= 0.6 is 0 Å². The van der Waals surface area contributed by atoms with E-state index >= 15 is 0 Å². The van der Waals surface area contributed by atoms with Crippen LogP contribution in [0.25, 0.3) is 0 Å². The maximum Gasteiger partial charge on any atom is 0.166 e. The first-order valence-corrected chi connectivity index (χ1v) is 6.09. The van der Waals surface area contributed by atoms with Crippen molar-refractivity contribution < 1.29 is 14.3 Å². The van der Waals surface area contributed by atoms with E-state index in [1.165, 1.54) is 0 Å². The van der Waals surface area contributed by atoms with Crippen LogP contribution in [0.1, 0.15) is 28.8 Å². The number of ketones is 1. The summed E-state index contributed by atoms with van der Waals surface area (Å²) in [6.45, 7) is 1.91. The summed E-state index contributed by atoms with van der Waals surface area (Å²) >= 11 is 0. The Morgan fingerprint density at radius 1 is 1.22 bits per heavy atom. The van der Waals surface area contributed by atoms with Crippen molar-refractivity contribution in [3.63, 3.8) is 0 Å². The topological polar surface area (TPSA) is 61.5 Å². The van der Waals surface area contributed by atoms with Gasteiger partial charge in [-0.15, -0.1) is 0 Å². The Bertz CT molecular complexity index is 464. The summed E-state index contributed by atoms with van der Waals surface area (Å²) in [5.41, 5.74) is 7.36. The molecule has 0 spiro atoms. The van der Waals surface area contributed by atoms with Crippen molar-refractivity contribution in [1.29, 1.82) is 0 Å². The van der Waals surface area contributed by atoms with Crippen molar-refractivity contribution in [1.82, 2.24) is 0 Å². The van der Waals surface area contributed by atoms with Crippen LogP contribution in [0.5, 0.6) is 11.5 Å². The lowest BCUT2D eigenvalue weighted by atomic mass is 9.75. The number of hydrogen-bond acceptors (Lipinski definition) is 4. The van der Waals surface area contributed by atoms with Gasteiger partial charge in [0, 0.05) is 17.5 Å². The van der Waals surface area contributed by atoms with E-state index in [1.807, 2.05) is 13.0 Å². The van der Waals surface area contributed by atoms with Gasteiger partial charge in [0.15, 0.2) is 17.3 Å². The number of hydrogen-bond donors (Lipinski definition) is 1. The average molecular weight is 249 g/mol. The molecule has 0 unspecified atom stereocenters. The molecule has 0 atom stereocenters. The molecule has 1 aliphatic carbocycles. The number of carbonyl (C=O) groups is 1. The lowest BCUT2D eigenvalue weighted by molar-refractivity contribution is 0.0831. The van der Waals surface area contributed by atoms with Crippen molar-refractivity contribution in [3.05, 3.63) is 23.3 Å². The molecule has 0 aromatic heterocycles. The Morgan fingerprint density at radius 3 is 2.28 bits per heavy atom. The summed E-state index contributed by atoms with van der Waals surface area (Å²) in [6.07, 6.45) is 1.57. The fourth-order valence-corrected chi connectivity index (χ4v) is 2.34.